The molecule has 1 heterocycles. The molecule has 0 amide bonds. The average Bonchev–Trinajstić information content (AvgIpc) is 3.64. The zero-order valence-electron chi connectivity index (χ0n) is 38.7. The van der Waals surface area contributed by atoms with Crippen LogP contribution in [-0.4, -0.2) is 0 Å². The molecule has 49 heavy (non-hydrogen) atoms. The molecule has 10 aromatic rings. The summed E-state index contributed by atoms with van der Waals surface area (Å²) < 4.78 is 121. The normalized spacial score (nSPS) is 15.4. The second kappa shape index (κ2) is 11.1. The van der Waals surface area contributed by atoms with Crippen molar-refractivity contribution in [1.29, 1.82) is 0 Å². The SMILES string of the molecule is [2H]c1c([2H])c([2H])c(-c2c([2H])c([2H])c(-c3c([2H])c([2H])c(-c4c5ccccc5c(-c5ccc6oc7cc8ccccc8cc7c6c5)c5ccccc45)c([2H])c3[2H])c([2H])c2[2H])c([2H])c1[2H]. The van der Waals surface area contributed by atoms with Gasteiger partial charge in [-0.1, -0.05) is 157 Å². The Kier molecular flexibility index (Phi) is 3.99. The van der Waals surface area contributed by atoms with E-state index in [1.807, 2.05) is 84.9 Å². The van der Waals surface area contributed by atoms with E-state index in [0.717, 1.165) is 54.6 Å². The van der Waals surface area contributed by atoms with Gasteiger partial charge in [0.1, 0.15) is 11.2 Å². The average molecular weight is 636 g/mol. The minimum Gasteiger partial charge on any atom is -0.456 e. The third kappa shape index (κ3) is 4.55. The van der Waals surface area contributed by atoms with Gasteiger partial charge < -0.3 is 4.42 Å². The fourth-order valence-corrected chi connectivity index (χ4v) is 6.83. The summed E-state index contributed by atoms with van der Waals surface area (Å²) in [6.45, 7) is 0. The first-order valence-electron chi connectivity index (χ1n) is 22.3. The van der Waals surface area contributed by atoms with Crippen LogP contribution in [0.5, 0.6) is 0 Å². The summed E-state index contributed by atoms with van der Waals surface area (Å²) in [5.74, 6) is 0. The predicted octanol–water partition coefficient (Wildman–Crippen LogP) is 13.7. The Hall–Kier alpha value is -6.44. The molecule has 0 saturated heterocycles. The largest absolute Gasteiger partial charge is 0.456 e. The number of rotatable bonds is 4. The molecule has 0 N–H and O–H groups in total. The molecular weight excluding hydrogens is 593 g/mol. The van der Waals surface area contributed by atoms with Gasteiger partial charge in [0, 0.05) is 10.8 Å². The van der Waals surface area contributed by atoms with Crippen LogP contribution in [0.15, 0.2) is 186 Å². The molecule has 0 atom stereocenters. The first-order chi connectivity index (χ1) is 29.7. The first-order valence-corrected chi connectivity index (χ1v) is 15.8. The van der Waals surface area contributed by atoms with E-state index in [2.05, 4.69) is 18.2 Å². The lowest BCUT2D eigenvalue weighted by atomic mass is 9.85. The molecule has 0 fully saturated rings. The van der Waals surface area contributed by atoms with Crippen molar-refractivity contribution in [1.82, 2.24) is 0 Å². The summed E-state index contributed by atoms with van der Waals surface area (Å²) >= 11 is 0. The van der Waals surface area contributed by atoms with Crippen LogP contribution in [0, 0.1) is 0 Å². The summed E-state index contributed by atoms with van der Waals surface area (Å²) in [5, 5.41) is 6.97. The highest BCUT2D eigenvalue weighted by Crippen LogP contribution is 2.45. The van der Waals surface area contributed by atoms with Crippen LogP contribution in [0.3, 0.4) is 0 Å². The molecule has 0 saturated carbocycles. The van der Waals surface area contributed by atoms with Crippen LogP contribution in [0.25, 0.3) is 98.8 Å². The minimum absolute atomic E-state index is 0.0168. The topological polar surface area (TPSA) is 13.1 Å². The summed E-state index contributed by atoms with van der Waals surface area (Å²) in [6, 6.07) is 24.8. The van der Waals surface area contributed by atoms with Crippen molar-refractivity contribution in [3.05, 3.63) is 182 Å². The molecule has 0 aliphatic rings. The molecule has 228 valence electrons. The Morgan fingerprint density at radius 1 is 0.327 bits per heavy atom. The highest BCUT2D eigenvalue weighted by atomic mass is 16.3. The molecule has 0 bridgehead atoms. The maximum Gasteiger partial charge on any atom is 0.136 e. The third-order valence-corrected chi connectivity index (χ3v) is 9.06. The van der Waals surface area contributed by atoms with E-state index in [4.69, 9.17) is 16.8 Å². The maximum absolute atomic E-state index is 9.46. The van der Waals surface area contributed by atoms with Crippen molar-refractivity contribution < 1.29 is 22.2 Å². The molecule has 1 heteroatoms. The second-order valence-electron chi connectivity index (χ2n) is 11.8. The Labute approximate surface area is 302 Å². The zero-order valence-corrected chi connectivity index (χ0v) is 25.7. The van der Waals surface area contributed by atoms with Gasteiger partial charge >= 0.3 is 0 Å². The Bertz CT molecular complexity index is 3490. The van der Waals surface area contributed by atoms with Gasteiger partial charge in [0.05, 0.1) is 17.8 Å². The minimum atomic E-state index is -0.761. The van der Waals surface area contributed by atoms with Crippen LogP contribution in [0.4, 0.5) is 0 Å². The summed E-state index contributed by atoms with van der Waals surface area (Å²) in [7, 11) is 0. The van der Waals surface area contributed by atoms with E-state index in [1.165, 1.54) is 0 Å². The molecule has 0 aliphatic carbocycles. The van der Waals surface area contributed by atoms with Crippen molar-refractivity contribution in [3.63, 3.8) is 0 Å². The fourth-order valence-electron chi connectivity index (χ4n) is 6.83. The van der Waals surface area contributed by atoms with Crippen molar-refractivity contribution >= 4 is 54.3 Å². The Balaban J connectivity index is 1.20. The van der Waals surface area contributed by atoms with E-state index >= 15 is 0 Å². The third-order valence-electron chi connectivity index (χ3n) is 9.06. The van der Waals surface area contributed by atoms with Gasteiger partial charge in [-0.3, -0.25) is 0 Å². The summed E-state index contributed by atoms with van der Waals surface area (Å²) in [6.07, 6.45) is 0. The van der Waals surface area contributed by atoms with E-state index in [9.17, 15) is 5.48 Å². The fraction of sp³-hybridized carbons (Fsp3) is 0. The van der Waals surface area contributed by atoms with Crippen LogP contribution in [0.2, 0.25) is 0 Å². The van der Waals surface area contributed by atoms with E-state index in [1.54, 1.807) is 0 Å². The number of benzene rings is 9. The Morgan fingerprint density at radius 2 is 0.776 bits per heavy atom. The molecular formula is C48H30O. The number of hydrogen-bond donors (Lipinski definition) is 0. The summed E-state index contributed by atoms with van der Waals surface area (Å²) in [4.78, 5) is 0. The lowest BCUT2D eigenvalue weighted by Gasteiger charge is -2.18. The van der Waals surface area contributed by atoms with Crippen LogP contribution < -0.4 is 0 Å². The molecule has 0 aliphatic heterocycles. The van der Waals surface area contributed by atoms with E-state index < -0.39 is 101 Å². The van der Waals surface area contributed by atoms with Gasteiger partial charge in [0.2, 0.25) is 0 Å². The lowest BCUT2D eigenvalue weighted by molar-refractivity contribution is 0.669. The molecule has 10 rings (SSSR count). The smallest absolute Gasteiger partial charge is 0.136 e. The number of fused-ring (bicyclic) bond motifs is 6. The maximum atomic E-state index is 9.46. The Morgan fingerprint density at radius 3 is 1.35 bits per heavy atom. The highest BCUT2D eigenvalue weighted by Gasteiger charge is 2.18. The standard InChI is InChI=1S/C48H30O/c1-2-10-31(11-3-1)32-18-20-33(21-19-32)34-22-24-35(25-23-34)47-39-14-6-8-16-41(39)48(42-17-9-7-15-40(42)47)38-26-27-45-43(29-38)44-28-36-12-4-5-13-37(36)30-46(44)49-45/h1-30H/i1D,2D,3D,10D,11D,18D,19D,20D,21D,22D,23D,24D,25D. The molecule has 0 radical (unpaired) electrons. The molecule has 0 unspecified atom stereocenters. The zero-order chi connectivity index (χ0) is 43.6. The summed E-state index contributed by atoms with van der Waals surface area (Å²) in [5.41, 5.74) is 1.68. The lowest BCUT2D eigenvalue weighted by Crippen LogP contribution is -1.91. The number of hydrogen-bond acceptors (Lipinski definition) is 1. The van der Waals surface area contributed by atoms with Crippen molar-refractivity contribution in [3.8, 4) is 44.5 Å². The number of furan rings is 1. The van der Waals surface area contributed by atoms with Gasteiger partial charge in [0.25, 0.3) is 0 Å². The van der Waals surface area contributed by atoms with Crippen molar-refractivity contribution in [2.24, 2.45) is 0 Å². The molecule has 1 nitrogen and oxygen atoms in total. The van der Waals surface area contributed by atoms with Gasteiger partial charge in [0.15, 0.2) is 0 Å². The van der Waals surface area contributed by atoms with E-state index in [-0.39, 0.29) is 5.56 Å². The van der Waals surface area contributed by atoms with Gasteiger partial charge in [-0.15, -0.1) is 0 Å². The molecule has 0 spiro atoms. The molecule has 9 aromatic carbocycles. The second-order valence-corrected chi connectivity index (χ2v) is 11.8. The van der Waals surface area contributed by atoms with Gasteiger partial charge in [-0.05, 0) is 101 Å². The van der Waals surface area contributed by atoms with Crippen molar-refractivity contribution in [2.45, 2.75) is 0 Å². The first kappa shape index (κ1) is 17.6. The van der Waals surface area contributed by atoms with Crippen LogP contribution in [0.1, 0.15) is 17.8 Å². The predicted molar refractivity (Wildman–Crippen MR) is 208 cm³/mol. The molecule has 1 aromatic heterocycles. The quantitative estimate of drug-likeness (QED) is 0.175. The highest BCUT2D eigenvalue weighted by molar-refractivity contribution is 6.22. The van der Waals surface area contributed by atoms with Crippen LogP contribution in [-0.2, 0) is 0 Å². The van der Waals surface area contributed by atoms with Crippen molar-refractivity contribution in [2.75, 3.05) is 0 Å². The monoisotopic (exact) mass is 635 g/mol. The van der Waals surface area contributed by atoms with E-state index in [0.29, 0.717) is 16.3 Å². The van der Waals surface area contributed by atoms with Crippen LogP contribution >= 0.6 is 0 Å². The van der Waals surface area contributed by atoms with Gasteiger partial charge in [-0.2, -0.15) is 0 Å². The van der Waals surface area contributed by atoms with Gasteiger partial charge in [-0.25, -0.2) is 0 Å².